The lowest BCUT2D eigenvalue weighted by Gasteiger charge is -2.26. The van der Waals surface area contributed by atoms with Crippen LogP contribution in [0.1, 0.15) is 38.8 Å². The second-order valence-corrected chi connectivity index (χ2v) is 8.02. The van der Waals surface area contributed by atoms with Crippen LogP contribution in [0.3, 0.4) is 0 Å². The van der Waals surface area contributed by atoms with Crippen molar-refractivity contribution in [3.63, 3.8) is 0 Å². The molecule has 0 bridgehead atoms. The topological polar surface area (TPSA) is 88.4 Å². The number of hydrogen-bond donors (Lipinski definition) is 3. The fourth-order valence-electron chi connectivity index (χ4n) is 3.54. The molecule has 0 saturated heterocycles. The van der Waals surface area contributed by atoms with Gasteiger partial charge in [0, 0.05) is 37.8 Å². The molecule has 0 amide bonds. The fraction of sp³-hybridized carbons (Fsp3) is 0.591. The van der Waals surface area contributed by atoms with Crippen LogP contribution in [-0.2, 0) is 24.3 Å². The minimum absolute atomic E-state index is 0. The van der Waals surface area contributed by atoms with Gasteiger partial charge in [0.2, 0.25) is 0 Å². The van der Waals surface area contributed by atoms with Gasteiger partial charge in [0.15, 0.2) is 11.8 Å². The summed E-state index contributed by atoms with van der Waals surface area (Å²) in [5.41, 5.74) is 1.13. The molecular formula is C22H36IN7O. The molecule has 2 heterocycles. The Morgan fingerprint density at radius 3 is 2.74 bits per heavy atom. The van der Waals surface area contributed by atoms with E-state index in [0.717, 1.165) is 49.2 Å². The maximum absolute atomic E-state index is 5.16. The van der Waals surface area contributed by atoms with Gasteiger partial charge in [-0.1, -0.05) is 32.0 Å². The lowest BCUT2D eigenvalue weighted by atomic mass is 10.0. The van der Waals surface area contributed by atoms with Crippen LogP contribution in [0, 0.1) is 5.92 Å². The molecule has 172 valence electrons. The third-order valence-corrected chi connectivity index (χ3v) is 5.24. The SMILES string of the molecule is CCNC(=NCC(Nc1ccccc1)C(C)C)NC1CCc2nc(COC)nn2C1.I. The molecule has 2 aromatic rings. The van der Waals surface area contributed by atoms with E-state index in [1.54, 1.807) is 7.11 Å². The van der Waals surface area contributed by atoms with Crippen molar-refractivity contribution in [1.29, 1.82) is 0 Å². The highest BCUT2D eigenvalue weighted by molar-refractivity contribution is 14.0. The van der Waals surface area contributed by atoms with Crippen LogP contribution in [0.5, 0.6) is 0 Å². The van der Waals surface area contributed by atoms with Crippen molar-refractivity contribution in [2.75, 3.05) is 25.5 Å². The molecule has 0 radical (unpaired) electrons. The molecule has 8 nitrogen and oxygen atoms in total. The predicted octanol–water partition coefficient (Wildman–Crippen LogP) is 3.05. The number of hydrogen-bond acceptors (Lipinski definition) is 5. The Hall–Kier alpha value is -1.88. The summed E-state index contributed by atoms with van der Waals surface area (Å²) in [4.78, 5) is 9.44. The summed E-state index contributed by atoms with van der Waals surface area (Å²) in [7, 11) is 1.67. The van der Waals surface area contributed by atoms with Gasteiger partial charge < -0.3 is 20.7 Å². The summed E-state index contributed by atoms with van der Waals surface area (Å²) < 4.78 is 7.15. The van der Waals surface area contributed by atoms with Gasteiger partial charge in [0.05, 0.1) is 13.1 Å². The van der Waals surface area contributed by atoms with E-state index < -0.39 is 0 Å². The lowest BCUT2D eigenvalue weighted by Crippen LogP contribution is -2.47. The van der Waals surface area contributed by atoms with Crippen molar-refractivity contribution < 1.29 is 4.74 Å². The van der Waals surface area contributed by atoms with Crippen molar-refractivity contribution in [1.82, 2.24) is 25.4 Å². The summed E-state index contributed by atoms with van der Waals surface area (Å²) >= 11 is 0. The average Bonchev–Trinajstić information content (AvgIpc) is 3.13. The number of halogens is 1. The number of benzene rings is 1. The number of aromatic nitrogens is 3. The van der Waals surface area contributed by atoms with Crippen LogP contribution >= 0.6 is 24.0 Å². The molecule has 2 unspecified atom stereocenters. The molecule has 1 aromatic heterocycles. The molecule has 0 fully saturated rings. The molecule has 1 aliphatic heterocycles. The zero-order valence-electron chi connectivity index (χ0n) is 19.0. The number of fused-ring (bicyclic) bond motifs is 1. The first kappa shape index (κ1) is 25.4. The largest absolute Gasteiger partial charge is 0.380 e. The van der Waals surface area contributed by atoms with Gasteiger partial charge in [-0.25, -0.2) is 9.67 Å². The fourth-order valence-corrected chi connectivity index (χ4v) is 3.54. The minimum atomic E-state index is 0. The zero-order valence-corrected chi connectivity index (χ0v) is 21.3. The molecule has 1 aliphatic rings. The van der Waals surface area contributed by atoms with Gasteiger partial charge in [-0.05, 0) is 31.4 Å². The van der Waals surface area contributed by atoms with Gasteiger partial charge in [-0.15, -0.1) is 24.0 Å². The highest BCUT2D eigenvalue weighted by atomic mass is 127. The molecule has 3 N–H and O–H groups in total. The standard InChI is InChI=1S/C22H35N7O.HI/c1-5-23-22(24-13-19(16(2)3)25-17-9-7-6-8-10-17)26-18-11-12-21-27-20(15-30-4)28-29(21)14-18;/h6-10,16,18-19,25H,5,11-15H2,1-4H3,(H2,23,24,26);1H. The monoisotopic (exact) mass is 541 g/mol. The Morgan fingerprint density at radius 1 is 1.29 bits per heavy atom. The Kier molecular flexibility index (Phi) is 10.5. The molecule has 31 heavy (non-hydrogen) atoms. The van der Waals surface area contributed by atoms with Crippen LogP contribution in [0.25, 0.3) is 0 Å². The van der Waals surface area contributed by atoms with Crippen LogP contribution < -0.4 is 16.0 Å². The van der Waals surface area contributed by atoms with Gasteiger partial charge in [0.1, 0.15) is 12.4 Å². The predicted molar refractivity (Wildman–Crippen MR) is 136 cm³/mol. The van der Waals surface area contributed by atoms with Crippen LogP contribution in [-0.4, -0.2) is 53.0 Å². The molecule has 9 heteroatoms. The van der Waals surface area contributed by atoms with E-state index in [1.165, 1.54) is 0 Å². The maximum Gasteiger partial charge on any atom is 0.191 e. The number of guanidine groups is 1. The first-order valence-electron chi connectivity index (χ1n) is 10.9. The van der Waals surface area contributed by atoms with Crippen molar-refractivity contribution in [3.8, 4) is 0 Å². The number of methoxy groups -OCH3 is 1. The molecule has 3 rings (SSSR count). The number of aliphatic imine (C=N–C) groups is 1. The summed E-state index contributed by atoms with van der Waals surface area (Å²) in [5.74, 6) is 3.10. The van der Waals surface area contributed by atoms with Crippen molar-refractivity contribution >= 4 is 35.6 Å². The number of ether oxygens (including phenoxy) is 1. The van der Waals surface area contributed by atoms with E-state index >= 15 is 0 Å². The van der Waals surface area contributed by atoms with E-state index in [1.807, 2.05) is 22.9 Å². The third-order valence-electron chi connectivity index (χ3n) is 5.24. The van der Waals surface area contributed by atoms with Gasteiger partial charge in [-0.2, -0.15) is 5.10 Å². The second-order valence-electron chi connectivity index (χ2n) is 8.02. The van der Waals surface area contributed by atoms with Gasteiger partial charge >= 0.3 is 0 Å². The van der Waals surface area contributed by atoms with E-state index in [-0.39, 0.29) is 36.1 Å². The summed E-state index contributed by atoms with van der Waals surface area (Å²) in [6.07, 6.45) is 1.91. The lowest BCUT2D eigenvalue weighted by molar-refractivity contribution is 0.177. The summed E-state index contributed by atoms with van der Waals surface area (Å²) in [6, 6.07) is 10.8. The average molecular weight is 541 g/mol. The van der Waals surface area contributed by atoms with Crippen molar-refractivity contribution in [3.05, 3.63) is 42.0 Å². The number of nitrogens with one attached hydrogen (secondary N) is 3. The molecule has 0 saturated carbocycles. The second kappa shape index (κ2) is 12.8. The Labute approximate surface area is 202 Å². The molecule has 0 aliphatic carbocycles. The molecule has 1 aromatic carbocycles. The Balaban J connectivity index is 0.00000341. The van der Waals surface area contributed by atoms with Crippen LogP contribution in [0.15, 0.2) is 35.3 Å². The van der Waals surface area contributed by atoms with Crippen LogP contribution in [0.2, 0.25) is 0 Å². The summed E-state index contributed by atoms with van der Waals surface area (Å²) in [5, 5.41) is 15.1. The molecule has 0 spiro atoms. The first-order chi connectivity index (χ1) is 14.6. The Bertz CT molecular complexity index is 809. The zero-order chi connectivity index (χ0) is 21.3. The van der Waals surface area contributed by atoms with E-state index in [9.17, 15) is 0 Å². The normalized spacial score (nSPS) is 16.9. The minimum Gasteiger partial charge on any atom is -0.380 e. The van der Waals surface area contributed by atoms with Gasteiger partial charge in [-0.3, -0.25) is 4.99 Å². The number of nitrogens with zero attached hydrogens (tertiary/aromatic N) is 4. The quantitative estimate of drug-likeness (QED) is 0.257. The van der Waals surface area contributed by atoms with Gasteiger partial charge in [0.25, 0.3) is 0 Å². The number of anilines is 1. The third kappa shape index (κ3) is 7.64. The van der Waals surface area contributed by atoms with Crippen molar-refractivity contribution in [2.45, 2.75) is 58.8 Å². The Morgan fingerprint density at radius 2 is 2.06 bits per heavy atom. The van der Waals surface area contributed by atoms with E-state index in [4.69, 9.17) is 9.73 Å². The number of rotatable bonds is 9. The van der Waals surface area contributed by atoms with Crippen molar-refractivity contribution in [2.24, 2.45) is 10.9 Å². The maximum atomic E-state index is 5.16. The first-order valence-corrected chi connectivity index (χ1v) is 10.9. The van der Waals surface area contributed by atoms with E-state index in [0.29, 0.717) is 19.1 Å². The number of aryl methyl sites for hydroxylation is 1. The molecule has 2 atom stereocenters. The summed E-state index contributed by atoms with van der Waals surface area (Å²) in [6.45, 7) is 9.29. The highest BCUT2D eigenvalue weighted by Gasteiger charge is 2.22. The smallest absolute Gasteiger partial charge is 0.191 e. The van der Waals surface area contributed by atoms with Crippen LogP contribution in [0.4, 0.5) is 5.69 Å². The van der Waals surface area contributed by atoms with E-state index in [2.05, 4.69) is 58.9 Å². The highest BCUT2D eigenvalue weighted by Crippen LogP contribution is 2.14. The molecular weight excluding hydrogens is 505 g/mol. The number of para-hydroxylation sites is 1.